The van der Waals surface area contributed by atoms with Gasteiger partial charge in [-0.25, -0.2) is 4.98 Å². The van der Waals surface area contributed by atoms with Crippen molar-refractivity contribution in [2.75, 3.05) is 24.5 Å². The largest absolute Gasteiger partial charge is 0.354 e. The van der Waals surface area contributed by atoms with E-state index in [0.717, 1.165) is 44.8 Å². The molecule has 2 aromatic rings. The molecule has 0 radical (unpaired) electrons. The summed E-state index contributed by atoms with van der Waals surface area (Å²) in [6.45, 7) is 5.94. The van der Waals surface area contributed by atoms with Crippen LogP contribution in [0.3, 0.4) is 0 Å². The van der Waals surface area contributed by atoms with E-state index in [2.05, 4.69) is 46.0 Å². The predicted octanol–water partition coefficient (Wildman–Crippen LogP) is 3.48. The molecule has 1 saturated heterocycles. The third kappa shape index (κ3) is 4.33. The van der Waals surface area contributed by atoms with E-state index < -0.39 is 4.92 Å². The van der Waals surface area contributed by atoms with Crippen molar-refractivity contribution in [2.24, 2.45) is 0 Å². The lowest BCUT2D eigenvalue weighted by Crippen LogP contribution is -2.53. The molecule has 0 spiro atoms. The summed E-state index contributed by atoms with van der Waals surface area (Å²) in [5.41, 5.74) is 1.38. The Morgan fingerprint density at radius 1 is 1.20 bits per heavy atom. The van der Waals surface area contributed by atoms with E-state index in [1.807, 2.05) is 6.07 Å². The van der Waals surface area contributed by atoms with E-state index in [1.165, 1.54) is 17.8 Å². The van der Waals surface area contributed by atoms with E-state index in [4.69, 9.17) is 0 Å². The second-order valence-electron chi connectivity index (χ2n) is 6.48. The first kappa shape index (κ1) is 17.4. The Hall–Kier alpha value is -2.47. The lowest BCUT2D eigenvalue weighted by Gasteiger charge is -2.42. The minimum Gasteiger partial charge on any atom is -0.354 e. The highest BCUT2D eigenvalue weighted by Crippen LogP contribution is 2.23. The Bertz CT molecular complexity index is 690. The quantitative estimate of drug-likeness (QED) is 0.595. The number of aromatic nitrogens is 1. The van der Waals surface area contributed by atoms with Crippen LogP contribution in [-0.2, 0) is 6.54 Å². The number of hydrogen-bond acceptors (Lipinski definition) is 5. The van der Waals surface area contributed by atoms with Crippen molar-refractivity contribution >= 4 is 11.5 Å². The van der Waals surface area contributed by atoms with Crippen LogP contribution in [0.15, 0.2) is 48.7 Å². The van der Waals surface area contributed by atoms with Crippen molar-refractivity contribution < 1.29 is 4.92 Å². The van der Waals surface area contributed by atoms with Gasteiger partial charge in [0.2, 0.25) is 0 Å². The van der Waals surface area contributed by atoms with Crippen LogP contribution in [0.25, 0.3) is 0 Å². The van der Waals surface area contributed by atoms with Crippen molar-refractivity contribution in [3.63, 3.8) is 0 Å². The second kappa shape index (κ2) is 8.07. The van der Waals surface area contributed by atoms with E-state index in [0.29, 0.717) is 6.04 Å². The van der Waals surface area contributed by atoms with Gasteiger partial charge in [0.1, 0.15) is 12.0 Å². The van der Waals surface area contributed by atoms with Crippen LogP contribution < -0.4 is 4.90 Å². The maximum atomic E-state index is 10.8. The Kier molecular flexibility index (Phi) is 5.60. The van der Waals surface area contributed by atoms with Crippen molar-refractivity contribution in [3.8, 4) is 0 Å². The topological polar surface area (TPSA) is 62.5 Å². The van der Waals surface area contributed by atoms with Gasteiger partial charge in [0.05, 0.1) is 4.92 Å². The first-order chi connectivity index (χ1) is 12.2. The molecule has 132 valence electrons. The molecule has 2 heterocycles. The molecule has 25 heavy (non-hydrogen) atoms. The average Bonchev–Trinajstić information content (AvgIpc) is 2.64. The molecule has 6 nitrogen and oxygen atoms in total. The van der Waals surface area contributed by atoms with Crippen molar-refractivity contribution in [3.05, 3.63) is 64.3 Å². The summed E-state index contributed by atoms with van der Waals surface area (Å²) in [7, 11) is 0. The van der Waals surface area contributed by atoms with Crippen molar-refractivity contribution in [1.82, 2.24) is 9.88 Å². The number of nitro groups is 1. The Morgan fingerprint density at radius 2 is 2.00 bits per heavy atom. The van der Waals surface area contributed by atoms with Gasteiger partial charge >= 0.3 is 0 Å². The molecule has 0 amide bonds. The van der Waals surface area contributed by atoms with Gasteiger partial charge in [-0.3, -0.25) is 15.0 Å². The number of nitrogens with zero attached hydrogens (tertiary/aromatic N) is 4. The maximum absolute atomic E-state index is 10.8. The number of piperazine rings is 1. The molecule has 1 fully saturated rings. The van der Waals surface area contributed by atoms with E-state index in [-0.39, 0.29) is 5.69 Å². The SMILES string of the molecule is CCCC1CN(c2ccc([N+](=O)[O-])cn2)CCN1Cc1ccccc1. The van der Waals surface area contributed by atoms with Crippen LogP contribution in [-0.4, -0.2) is 40.5 Å². The maximum Gasteiger partial charge on any atom is 0.287 e. The minimum atomic E-state index is -0.408. The molecule has 6 heteroatoms. The van der Waals surface area contributed by atoms with E-state index >= 15 is 0 Å². The van der Waals surface area contributed by atoms with Gasteiger partial charge < -0.3 is 4.90 Å². The van der Waals surface area contributed by atoms with Crippen LogP contribution in [0.4, 0.5) is 11.5 Å². The molecule has 1 aliphatic heterocycles. The van der Waals surface area contributed by atoms with Crippen LogP contribution in [0.5, 0.6) is 0 Å². The highest BCUT2D eigenvalue weighted by Gasteiger charge is 2.27. The van der Waals surface area contributed by atoms with E-state index in [1.54, 1.807) is 6.07 Å². The fraction of sp³-hybridized carbons (Fsp3) is 0.421. The van der Waals surface area contributed by atoms with Gasteiger partial charge in [-0.15, -0.1) is 0 Å². The summed E-state index contributed by atoms with van der Waals surface area (Å²) in [6, 6.07) is 14.3. The third-order valence-electron chi connectivity index (χ3n) is 4.72. The fourth-order valence-corrected chi connectivity index (χ4v) is 3.41. The third-order valence-corrected chi connectivity index (χ3v) is 4.72. The van der Waals surface area contributed by atoms with E-state index in [9.17, 15) is 10.1 Å². The highest BCUT2D eigenvalue weighted by atomic mass is 16.6. The molecule has 1 aliphatic rings. The summed E-state index contributed by atoms with van der Waals surface area (Å²) in [5.74, 6) is 0.825. The number of pyridine rings is 1. The number of benzene rings is 1. The fourth-order valence-electron chi connectivity index (χ4n) is 3.41. The molecule has 1 unspecified atom stereocenters. The van der Waals surface area contributed by atoms with Crippen LogP contribution in [0.1, 0.15) is 25.3 Å². The Balaban J connectivity index is 1.69. The first-order valence-electron chi connectivity index (χ1n) is 8.80. The zero-order valence-corrected chi connectivity index (χ0v) is 14.5. The molecular weight excluding hydrogens is 316 g/mol. The molecule has 1 aromatic heterocycles. The van der Waals surface area contributed by atoms with Gasteiger partial charge in [0, 0.05) is 38.3 Å². The molecule has 1 aromatic carbocycles. The summed E-state index contributed by atoms with van der Waals surface area (Å²) in [6.07, 6.45) is 3.62. The minimum absolute atomic E-state index is 0.0385. The van der Waals surface area contributed by atoms with Gasteiger partial charge in [-0.05, 0) is 18.1 Å². The van der Waals surface area contributed by atoms with Gasteiger partial charge in [-0.2, -0.15) is 0 Å². The predicted molar refractivity (Wildman–Crippen MR) is 98.7 cm³/mol. The number of hydrogen-bond donors (Lipinski definition) is 0. The zero-order valence-electron chi connectivity index (χ0n) is 14.5. The lowest BCUT2D eigenvalue weighted by molar-refractivity contribution is -0.385. The molecule has 1 atom stereocenters. The average molecular weight is 340 g/mol. The monoisotopic (exact) mass is 340 g/mol. The molecule has 0 bridgehead atoms. The molecule has 3 rings (SSSR count). The number of rotatable bonds is 6. The molecular formula is C19H24N4O2. The summed E-state index contributed by atoms with van der Waals surface area (Å²) < 4.78 is 0. The van der Waals surface area contributed by atoms with Gasteiger partial charge in [-0.1, -0.05) is 43.7 Å². The van der Waals surface area contributed by atoms with Crippen molar-refractivity contribution in [1.29, 1.82) is 0 Å². The number of anilines is 1. The van der Waals surface area contributed by atoms with Crippen molar-refractivity contribution in [2.45, 2.75) is 32.4 Å². The summed E-state index contributed by atoms with van der Waals surface area (Å²) in [4.78, 5) is 19.5. The summed E-state index contributed by atoms with van der Waals surface area (Å²) in [5, 5.41) is 10.8. The molecule has 0 saturated carbocycles. The molecule has 0 aliphatic carbocycles. The van der Waals surface area contributed by atoms with Gasteiger partial charge in [0.15, 0.2) is 0 Å². The normalized spacial score (nSPS) is 18.3. The lowest BCUT2D eigenvalue weighted by atomic mass is 10.0. The smallest absolute Gasteiger partial charge is 0.287 e. The summed E-state index contributed by atoms with van der Waals surface area (Å²) >= 11 is 0. The van der Waals surface area contributed by atoms with Crippen LogP contribution in [0.2, 0.25) is 0 Å². The molecule has 0 N–H and O–H groups in total. The first-order valence-corrected chi connectivity index (χ1v) is 8.80. The Morgan fingerprint density at radius 3 is 2.64 bits per heavy atom. The Labute approximate surface area is 148 Å². The van der Waals surface area contributed by atoms with Gasteiger partial charge in [0.25, 0.3) is 5.69 Å². The van der Waals surface area contributed by atoms with Crippen LogP contribution >= 0.6 is 0 Å². The zero-order chi connectivity index (χ0) is 17.6. The highest BCUT2D eigenvalue weighted by molar-refractivity contribution is 5.43. The second-order valence-corrected chi connectivity index (χ2v) is 6.48. The standard InChI is InChI=1S/C19H24N4O2/c1-2-6-18-15-22(19-10-9-17(13-20-19)23(24)25)12-11-21(18)14-16-7-4-3-5-8-16/h3-5,7-10,13,18H,2,6,11-12,14-15H2,1H3. The van der Waals surface area contributed by atoms with Crippen LogP contribution in [0, 0.1) is 10.1 Å².